The summed E-state index contributed by atoms with van der Waals surface area (Å²) in [4.78, 5) is 25.2. The third-order valence-corrected chi connectivity index (χ3v) is 5.16. The van der Waals surface area contributed by atoms with Gasteiger partial charge in [0.15, 0.2) is 12.4 Å². The predicted octanol–water partition coefficient (Wildman–Crippen LogP) is 4.81. The summed E-state index contributed by atoms with van der Waals surface area (Å²) in [6, 6.07) is 18.0. The molecule has 0 spiro atoms. The van der Waals surface area contributed by atoms with Gasteiger partial charge in [0.05, 0.1) is 12.6 Å². The van der Waals surface area contributed by atoms with Crippen molar-refractivity contribution >= 4 is 11.6 Å². The molecule has 1 heterocycles. The van der Waals surface area contributed by atoms with Gasteiger partial charge in [-0.05, 0) is 51.1 Å². The van der Waals surface area contributed by atoms with E-state index in [2.05, 4.69) is 11.5 Å². The molecule has 156 valence electrons. The largest absolute Gasteiger partial charge is 0.485 e. The summed E-state index contributed by atoms with van der Waals surface area (Å²) in [7, 11) is 1.67. The van der Waals surface area contributed by atoms with Crippen molar-refractivity contribution in [2.75, 3.05) is 20.3 Å². The molecule has 0 N–H and O–H groups in total. The summed E-state index contributed by atoms with van der Waals surface area (Å²) in [5, 5.41) is 0. The van der Waals surface area contributed by atoms with Crippen LogP contribution in [0.2, 0.25) is 0 Å². The smallest absolute Gasteiger partial charge is 0.202 e. The highest BCUT2D eigenvalue weighted by molar-refractivity contribution is 6.09. The monoisotopic (exact) mass is 405 g/mol. The molecule has 0 radical (unpaired) electrons. The molecule has 0 aliphatic heterocycles. The molecule has 0 amide bonds. The van der Waals surface area contributed by atoms with Crippen molar-refractivity contribution in [3.05, 3.63) is 88.7 Å². The highest BCUT2D eigenvalue weighted by Gasteiger charge is 2.19. The third-order valence-electron chi connectivity index (χ3n) is 5.16. The molecule has 0 saturated carbocycles. The number of carbonyl (C=O) groups excluding carboxylic acids is 2. The van der Waals surface area contributed by atoms with Gasteiger partial charge < -0.3 is 14.0 Å². The normalized spacial score (nSPS) is 11.9. The van der Waals surface area contributed by atoms with Crippen molar-refractivity contribution in [3.8, 4) is 5.75 Å². The second-order valence-corrected chi connectivity index (χ2v) is 7.39. The molecular weight excluding hydrogens is 378 g/mol. The van der Waals surface area contributed by atoms with E-state index in [0.717, 1.165) is 11.4 Å². The van der Waals surface area contributed by atoms with Crippen molar-refractivity contribution in [1.82, 2.24) is 4.57 Å². The Morgan fingerprint density at radius 3 is 2.23 bits per heavy atom. The van der Waals surface area contributed by atoms with Crippen LogP contribution < -0.4 is 4.74 Å². The number of hydrogen-bond acceptors (Lipinski definition) is 4. The van der Waals surface area contributed by atoms with E-state index in [9.17, 15) is 9.59 Å². The minimum atomic E-state index is -0.0802. The number of Topliss-reactive ketones (excluding diaryl/α,β-unsaturated/α-hetero) is 1. The highest BCUT2D eigenvalue weighted by Crippen LogP contribution is 2.22. The Balaban J connectivity index is 1.65. The van der Waals surface area contributed by atoms with Crippen LogP contribution in [-0.2, 0) is 4.74 Å². The Bertz CT molecular complexity index is 1020. The van der Waals surface area contributed by atoms with Crippen molar-refractivity contribution in [1.29, 1.82) is 0 Å². The Morgan fingerprint density at radius 2 is 1.60 bits per heavy atom. The molecule has 1 atom stereocenters. The summed E-state index contributed by atoms with van der Waals surface area (Å²) in [6.07, 6.45) is 0. The van der Waals surface area contributed by atoms with Gasteiger partial charge in [-0.3, -0.25) is 9.59 Å². The standard InChI is InChI=1S/C25H27NO4/c1-17-14-23(19(3)26(17)18(2)15-29-4)24(27)16-30-22-12-10-21(11-13-22)25(28)20-8-6-5-7-9-20/h5-14,18H,15-16H2,1-4H3/t18-/m1/s1. The number of ether oxygens (including phenoxy) is 2. The van der Waals surface area contributed by atoms with Gasteiger partial charge in [0.2, 0.25) is 5.78 Å². The van der Waals surface area contributed by atoms with Crippen LogP contribution in [0.25, 0.3) is 0 Å². The van der Waals surface area contributed by atoms with E-state index in [-0.39, 0.29) is 24.2 Å². The summed E-state index contributed by atoms with van der Waals surface area (Å²) in [6.45, 7) is 6.51. The first-order valence-electron chi connectivity index (χ1n) is 9.95. The van der Waals surface area contributed by atoms with Crippen LogP contribution in [0.15, 0.2) is 60.7 Å². The number of methoxy groups -OCH3 is 1. The van der Waals surface area contributed by atoms with Gasteiger partial charge in [-0.1, -0.05) is 30.3 Å². The molecule has 0 unspecified atom stereocenters. The number of benzene rings is 2. The molecule has 0 fully saturated rings. The zero-order valence-electron chi connectivity index (χ0n) is 17.8. The molecule has 3 rings (SSSR count). The molecule has 5 heteroatoms. The van der Waals surface area contributed by atoms with E-state index in [4.69, 9.17) is 9.47 Å². The van der Waals surface area contributed by atoms with Crippen LogP contribution in [0, 0.1) is 13.8 Å². The molecule has 30 heavy (non-hydrogen) atoms. The van der Waals surface area contributed by atoms with Gasteiger partial charge in [0.1, 0.15) is 5.75 Å². The number of ketones is 2. The lowest BCUT2D eigenvalue weighted by atomic mass is 10.0. The molecule has 2 aromatic carbocycles. The minimum absolute atomic E-state index is 0.0455. The van der Waals surface area contributed by atoms with Gasteiger partial charge in [-0.2, -0.15) is 0 Å². The van der Waals surface area contributed by atoms with Crippen LogP contribution in [0.4, 0.5) is 0 Å². The van der Waals surface area contributed by atoms with Crippen LogP contribution in [0.1, 0.15) is 50.6 Å². The number of aryl methyl sites for hydroxylation is 1. The SMILES string of the molecule is COC[C@@H](C)n1c(C)cc(C(=O)COc2ccc(C(=O)c3ccccc3)cc2)c1C. The first-order chi connectivity index (χ1) is 14.4. The quantitative estimate of drug-likeness (QED) is 0.480. The average molecular weight is 405 g/mol. The van der Waals surface area contributed by atoms with Gasteiger partial charge in [0.25, 0.3) is 0 Å². The topological polar surface area (TPSA) is 57.5 Å². The molecular formula is C25H27NO4. The van der Waals surface area contributed by atoms with Crippen molar-refractivity contribution in [2.45, 2.75) is 26.8 Å². The van der Waals surface area contributed by atoms with E-state index in [1.165, 1.54) is 0 Å². The number of hydrogen-bond donors (Lipinski definition) is 0. The predicted molar refractivity (Wildman–Crippen MR) is 117 cm³/mol. The van der Waals surface area contributed by atoms with Crippen LogP contribution in [0.5, 0.6) is 5.75 Å². The van der Waals surface area contributed by atoms with E-state index in [0.29, 0.717) is 29.0 Å². The fourth-order valence-electron chi connectivity index (χ4n) is 3.74. The summed E-state index contributed by atoms with van der Waals surface area (Å²) >= 11 is 0. The summed E-state index contributed by atoms with van der Waals surface area (Å²) in [5.74, 6) is 0.425. The summed E-state index contributed by atoms with van der Waals surface area (Å²) < 4.78 is 13.0. The summed E-state index contributed by atoms with van der Waals surface area (Å²) in [5.41, 5.74) is 3.81. The second kappa shape index (κ2) is 9.55. The first kappa shape index (κ1) is 21.5. The zero-order valence-corrected chi connectivity index (χ0v) is 17.8. The van der Waals surface area contributed by atoms with E-state index >= 15 is 0 Å². The lowest BCUT2D eigenvalue weighted by molar-refractivity contribution is 0.0919. The molecule has 3 aromatic rings. The molecule has 0 bridgehead atoms. The molecule has 1 aromatic heterocycles. The van der Waals surface area contributed by atoms with Gasteiger partial charge in [-0.25, -0.2) is 0 Å². The highest BCUT2D eigenvalue weighted by atomic mass is 16.5. The lowest BCUT2D eigenvalue weighted by Gasteiger charge is -2.17. The zero-order chi connectivity index (χ0) is 21.7. The third kappa shape index (κ3) is 4.69. The second-order valence-electron chi connectivity index (χ2n) is 7.39. The van der Waals surface area contributed by atoms with Crippen molar-refractivity contribution < 1.29 is 19.1 Å². The van der Waals surface area contributed by atoms with Gasteiger partial charge >= 0.3 is 0 Å². The Kier molecular flexibility index (Phi) is 6.85. The van der Waals surface area contributed by atoms with Crippen LogP contribution in [0.3, 0.4) is 0 Å². The minimum Gasteiger partial charge on any atom is -0.485 e. The number of nitrogens with zero attached hydrogens (tertiary/aromatic N) is 1. The number of rotatable bonds is 9. The maximum atomic E-state index is 12.7. The Labute approximate surface area is 177 Å². The van der Waals surface area contributed by atoms with Crippen molar-refractivity contribution in [3.63, 3.8) is 0 Å². The van der Waals surface area contributed by atoms with Crippen molar-refractivity contribution in [2.24, 2.45) is 0 Å². The Morgan fingerprint density at radius 1 is 0.967 bits per heavy atom. The first-order valence-corrected chi connectivity index (χ1v) is 9.95. The van der Waals surface area contributed by atoms with Crippen LogP contribution >= 0.6 is 0 Å². The molecule has 0 aliphatic rings. The number of carbonyl (C=O) groups is 2. The number of aromatic nitrogens is 1. The van der Waals surface area contributed by atoms with E-state index in [1.807, 2.05) is 38.1 Å². The average Bonchev–Trinajstić information content (AvgIpc) is 3.06. The van der Waals surface area contributed by atoms with Crippen LogP contribution in [-0.4, -0.2) is 36.5 Å². The maximum Gasteiger partial charge on any atom is 0.202 e. The molecule has 0 saturated heterocycles. The van der Waals surface area contributed by atoms with E-state index < -0.39 is 0 Å². The lowest BCUT2D eigenvalue weighted by Crippen LogP contribution is -2.16. The van der Waals surface area contributed by atoms with Gasteiger partial charge in [0, 0.05) is 35.2 Å². The molecule has 5 nitrogen and oxygen atoms in total. The van der Waals surface area contributed by atoms with E-state index in [1.54, 1.807) is 43.5 Å². The molecule has 0 aliphatic carbocycles. The Hall–Kier alpha value is -3.18. The maximum absolute atomic E-state index is 12.7. The fourth-order valence-corrected chi connectivity index (χ4v) is 3.74. The van der Waals surface area contributed by atoms with Gasteiger partial charge in [-0.15, -0.1) is 0 Å². The fraction of sp³-hybridized carbons (Fsp3) is 0.280.